The lowest BCUT2D eigenvalue weighted by Crippen LogP contribution is -2.64. The third kappa shape index (κ3) is 5.13. The number of carboxylic acids is 1. The molecular weight excluding hydrogens is 550 g/mol. The quantitative estimate of drug-likeness (QED) is 0.432. The topological polar surface area (TPSA) is 132 Å². The summed E-state index contributed by atoms with van der Waals surface area (Å²) in [4.78, 5) is 48.1. The fourth-order valence-corrected chi connectivity index (χ4v) is 7.62. The van der Waals surface area contributed by atoms with Gasteiger partial charge in [-0.3, -0.25) is 14.5 Å². The number of methoxy groups -OCH3 is 1. The molecule has 4 aliphatic rings. The van der Waals surface area contributed by atoms with Gasteiger partial charge in [0, 0.05) is 18.8 Å². The molecular formula is C29H33N3O8S. The molecule has 1 N–H and O–H groups in total. The average molecular weight is 584 g/mol. The predicted octanol–water partition coefficient (Wildman–Crippen LogP) is 4.31. The molecule has 2 saturated heterocycles. The van der Waals surface area contributed by atoms with E-state index >= 15 is 0 Å². The SMILES string of the molecule is COc1ccccc1[C@H](CN1C(=O)N(C2(CC(=O)O)CC2)C(=O)C2C(C)=C(c3ncco3)SC21)OC1CCOCC1. The van der Waals surface area contributed by atoms with Crippen molar-refractivity contribution in [1.29, 1.82) is 0 Å². The van der Waals surface area contributed by atoms with E-state index in [1.807, 2.05) is 31.2 Å². The third-order valence-corrected chi connectivity index (χ3v) is 9.86. The number of aliphatic carboxylic acids is 1. The zero-order chi connectivity index (χ0) is 28.7. The normalized spacial score (nSPS) is 24.9. The number of carbonyl (C=O) groups is 3. The van der Waals surface area contributed by atoms with Crippen molar-refractivity contribution in [3.05, 3.63) is 53.8 Å². The molecule has 1 saturated carbocycles. The van der Waals surface area contributed by atoms with Crippen LogP contribution in [0.2, 0.25) is 0 Å². The second-order valence-corrected chi connectivity index (χ2v) is 12.0. The molecule has 218 valence electrons. The molecule has 1 aromatic carbocycles. The summed E-state index contributed by atoms with van der Waals surface area (Å²) in [5.74, 6) is -1.06. The van der Waals surface area contributed by atoms with E-state index in [0.717, 1.165) is 24.0 Å². The van der Waals surface area contributed by atoms with Gasteiger partial charge in [0.1, 0.15) is 18.1 Å². The molecule has 2 unspecified atom stereocenters. The number of benzene rings is 1. The smallest absolute Gasteiger partial charge is 0.328 e. The van der Waals surface area contributed by atoms with Crippen LogP contribution in [0.15, 0.2) is 46.7 Å². The van der Waals surface area contributed by atoms with Gasteiger partial charge in [-0.2, -0.15) is 0 Å². The first-order valence-electron chi connectivity index (χ1n) is 13.8. The highest BCUT2D eigenvalue weighted by Crippen LogP contribution is 2.55. The Balaban J connectivity index is 1.39. The number of hydrogen-bond donors (Lipinski definition) is 1. The van der Waals surface area contributed by atoms with Crippen molar-refractivity contribution in [3.8, 4) is 5.75 Å². The Morgan fingerprint density at radius 3 is 2.66 bits per heavy atom. The van der Waals surface area contributed by atoms with E-state index in [1.165, 1.54) is 22.9 Å². The summed E-state index contributed by atoms with van der Waals surface area (Å²) in [6, 6.07) is 7.06. The minimum absolute atomic E-state index is 0.0761. The zero-order valence-corrected chi connectivity index (χ0v) is 23.8. The van der Waals surface area contributed by atoms with Gasteiger partial charge in [0.2, 0.25) is 11.8 Å². The van der Waals surface area contributed by atoms with E-state index < -0.39 is 34.9 Å². The molecule has 1 aliphatic carbocycles. The van der Waals surface area contributed by atoms with Crippen LogP contribution in [-0.4, -0.2) is 81.7 Å². The van der Waals surface area contributed by atoms with E-state index in [2.05, 4.69) is 4.98 Å². The molecule has 0 spiro atoms. The minimum Gasteiger partial charge on any atom is -0.496 e. The lowest BCUT2D eigenvalue weighted by atomic mass is 9.93. The molecule has 41 heavy (non-hydrogen) atoms. The molecule has 11 nitrogen and oxygen atoms in total. The van der Waals surface area contributed by atoms with Crippen LogP contribution in [0.3, 0.4) is 0 Å². The minimum atomic E-state index is -1.04. The Labute approximate surface area is 241 Å². The van der Waals surface area contributed by atoms with E-state index in [1.54, 1.807) is 18.2 Å². The summed E-state index contributed by atoms with van der Waals surface area (Å²) in [5.41, 5.74) is 0.517. The van der Waals surface area contributed by atoms with Gasteiger partial charge < -0.3 is 28.6 Å². The molecule has 3 aliphatic heterocycles. The summed E-state index contributed by atoms with van der Waals surface area (Å²) in [7, 11) is 1.60. The number of carboxylic acid groups (broad SMARTS) is 1. The van der Waals surface area contributed by atoms with Crippen LogP contribution in [-0.2, 0) is 19.1 Å². The maximum absolute atomic E-state index is 14.3. The summed E-state index contributed by atoms with van der Waals surface area (Å²) in [6.45, 7) is 3.18. The van der Waals surface area contributed by atoms with Gasteiger partial charge in [-0.1, -0.05) is 30.0 Å². The Bertz CT molecular complexity index is 1350. The molecule has 3 fully saturated rings. The Morgan fingerprint density at radius 1 is 1.24 bits per heavy atom. The summed E-state index contributed by atoms with van der Waals surface area (Å²) in [5, 5.41) is 9.09. The van der Waals surface area contributed by atoms with Gasteiger partial charge in [0.05, 0.1) is 54.1 Å². The van der Waals surface area contributed by atoms with Crippen molar-refractivity contribution < 1.29 is 38.1 Å². The van der Waals surface area contributed by atoms with Crippen LogP contribution in [0.25, 0.3) is 4.91 Å². The number of hydrogen-bond acceptors (Lipinski definition) is 9. The van der Waals surface area contributed by atoms with Crippen LogP contribution in [0.5, 0.6) is 5.75 Å². The van der Waals surface area contributed by atoms with Crippen LogP contribution in [0, 0.1) is 5.92 Å². The van der Waals surface area contributed by atoms with Gasteiger partial charge in [-0.05, 0) is 44.2 Å². The van der Waals surface area contributed by atoms with Gasteiger partial charge >= 0.3 is 12.0 Å². The fourth-order valence-electron chi connectivity index (χ4n) is 6.11. The number of oxazole rings is 1. The van der Waals surface area contributed by atoms with Crippen molar-refractivity contribution in [2.24, 2.45) is 5.92 Å². The highest BCUT2D eigenvalue weighted by atomic mass is 32.2. The molecule has 0 radical (unpaired) electrons. The molecule has 3 amide bonds. The average Bonchev–Trinajstić information content (AvgIpc) is 3.35. The zero-order valence-electron chi connectivity index (χ0n) is 23.0. The number of thioether (sulfide) groups is 1. The Kier molecular flexibility index (Phi) is 7.56. The number of urea groups is 1. The molecule has 3 atom stereocenters. The Morgan fingerprint density at radius 2 is 2.00 bits per heavy atom. The number of amides is 3. The molecule has 1 aromatic heterocycles. The van der Waals surface area contributed by atoms with E-state index in [0.29, 0.717) is 42.6 Å². The van der Waals surface area contributed by atoms with Crippen molar-refractivity contribution in [1.82, 2.24) is 14.8 Å². The lowest BCUT2D eigenvalue weighted by Gasteiger charge is -2.46. The van der Waals surface area contributed by atoms with E-state index in [9.17, 15) is 19.5 Å². The first-order chi connectivity index (χ1) is 19.8. The van der Waals surface area contributed by atoms with Crippen LogP contribution in [0.4, 0.5) is 4.79 Å². The highest BCUT2D eigenvalue weighted by molar-refractivity contribution is 8.09. The number of carbonyl (C=O) groups excluding carboxylic acids is 2. The number of nitrogens with zero attached hydrogens (tertiary/aromatic N) is 3. The molecule has 4 heterocycles. The summed E-state index contributed by atoms with van der Waals surface area (Å²) < 4.78 is 23.5. The maximum atomic E-state index is 14.3. The Hall–Kier alpha value is -3.35. The van der Waals surface area contributed by atoms with Crippen molar-refractivity contribution in [3.63, 3.8) is 0 Å². The van der Waals surface area contributed by atoms with Crippen LogP contribution in [0.1, 0.15) is 56.6 Å². The highest BCUT2D eigenvalue weighted by Gasteiger charge is 2.62. The molecule has 2 aromatic rings. The molecule has 6 rings (SSSR count). The lowest BCUT2D eigenvalue weighted by molar-refractivity contribution is -0.143. The number of para-hydroxylation sites is 1. The van der Waals surface area contributed by atoms with Crippen molar-refractivity contribution in [2.75, 3.05) is 26.9 Å². The third-order valence-electron chi connectivity index (χ3n) is 8.36. The van der Waals surface area contributed by atoms with Crippen LogP contribution >= 0.6 is 11.8 Å². The van der Waals surface area contributed by atoms with Gasteiger partial charge in [-0.15, -0.1) is 0 Å². The molecule has 0 bridgehead atoms. The number of rotatable bonds is 10. The van der Waals surface area contributed by atoms with Crippen LogP contribution < -0.4 is 4.74 Å². The van der Waals surface area contributed by atoms with Gasteiger partial charge in [-0.25, -0.2) is 9.78 Å². The summed E-state index contributed by atoms with van der Waals surface area (Å²) >= 11 is 1.37. The first-order valence-corrected chi connectivity index (χ1v) is 14.7. The van der Waals surface area contributed by atoms with E-state index in [-0.39, 0.29) is 25.0 Å². The fraction of sp³-hybridized carbons (Fsp3) is 0.517. The van der Waals surface area contributed by atoms with Gasteiger partial charge in [0.15, 0.2) is 0 Å². The monoisotopic (exact) mass is 583 g/mol. The van der Waals surface area contributed by atoms with Crippen molar-refractivity contribution in [2.45, 2.75) is 62.1 Å². The number of aromatic nitrogens is 1. The van der Waals surface area contributed by atoms with Gasteiger partial charge in [0.25, 0.3) is 0 Å². The standard InChI is InChI=1S/C29H33N3O8S/c1-17-23-26(35)32(29(9-10-29)15-22(33)34)28(36)31(27(23)41-24(17)25-30-11-14-39-25)16-21(40-18-7-12-38-13-8-18)19-5-3-4-6-20(19)37-2/h3-6,11,14,18,21,23,27H,7-10,12-13,15-16H2,1-2H3,(H,33,34)/t21-,23?,27?/m0/s1. The largest absolute Gasteiger partial charge is 0.496 e. The van der Waals surface area contributed by atoms with E-state index in [4.69, 9.17) is 18.6 Å². The second kappa shape index (κ2) is 11.1. The maximum Gasteiger partial charge on any atom is 0.328 e. The van der Waals surface area contributed by atoms with Crippen molar-refractivity contribution >= 4 is 34.6 Å². The number of ether oxygens (including phenoxy) is 3. The first kappa shape index (κ1) is 27.8. The summed E-state index contributed by atoms with van der Waals surface area (Å²) in [6.07, 6.45) is 4.46. The predicted molar refractivity (Wildman–Crippen MR) is 148 cm³/mol. The second-order valence-electron chi connectivity index (χ2n) is 10.9. The number of imide groups is 1. The number of fused-ring (bicyclic) bond motifs is 1. The molecule has 12 heteroatoms.